The zero-order valence-corrected chi connectivity index (χ0v) is 19.3. The monoisotopic (exact) mass is 491 g/mol. The molecular formula is C25H23F2N7O2. The first kappa shape index (κ1) is 24.3. The highest BCUT2D eigenvalue weighted by Crippen LogP contribution is 2.22. The molecule has 0 bridgehead atoms. The van der Waals surface area contributed by atoms with E-state index < -0.39 is 11.6 Å². The molecule has 1 aromatic heterocycles. The van der Waals surface area contributed by atoms with Crippen molar-refractivity contribution in [2.45, 2.75) is 6.92 Å². The first-order valence-electron chi connectivity index (χ1n) is 11.1. The second-order valence-electron chi connectivity index (χ2n) is 7.38. The van der Waals surface area contributed by atoms with Crippen LogP contribution in [0.2, 0.25) is 0 Å². The number of ether oxygens (including phenoxy) is 1. The van der Waals surface area contributed by atoms with Crippen LogP contribution in [0.3, 0.4) is 0 Å². The summed E-state index contributed by atoms with van der Waals surface area (Å²) >= 11 is 0. The SMILES string of the molecule is CCOc1ccc(NC(=O)CNc2nc(Nc3ccccc3F)nc(Nc3ccccc3F)n2)cc1. The van der Waals surface area contributed by atoms with Crippen molar-refractivity contribution < 1.29 is 18.3 Å². The van der Waals surface area contributed by atoms with Crippen molar-refractivity contribution in [1.82, 2.24) is 15.0 Å². The molecule has 9 nitrogen and oxygen atoms in total. The molecule has 36 heavy (non-hydrogen) atoms. The number of aromatic nitrogens is 3. The molecule has 0 aliphatic rings. The van der Waals surface area contributed by atoms with E-state index >= 15 is 0 Å². The van der Waals surface area contributed by atoms with Crippen LogP contribution in [0.4, 0.5) is 43.7 Å². The summed E-state index contributed by atoms with van der Waals surface area (Å²) in [7, 11) is 0. The lowest BCUT2D eigenvalue weighted by molar-refractivity contribution is -0.114. The summed E-state index contributed by atoms with van der Waals surface area (Å²) in [6.45, 7) is 2.26. The van der Waals surface area contributed by atoms with Crippen LogP contribution in [0, 0.1) is 11.6 Å². The van der Waals surface area contributed by atoms with E-state index in [1.807, 2.05) is 6.92 Å². The minimum atomic E-state index is -0.509. The first-order chi connectivity index (χ1) is 17.5. The molecule has 4 N–H and O–H groups in total. The molecule has 0 spiro atoms. The highest BCUT2D eigenvalue weighted by atomic mass is 19.1. The number of hydrogen-bond donors (Lipinski definition) is 4. The average Bonchev–Trinajstić information content (AvgIpc) is 2.87. The van der Waals surface area contributed by atoms with E-state index in [4.69, 9.17) is 4.74 Å². The van der Waals surface area contributed by atoms with Gasteiger partial charge in [-0.15, -0.1) is 0 Å². The fourth-order valence-electron chi connectivity index (χ4n) is 3.10. The maximum absolute atomic E-state index is 14.1. The maximum atomic E-state index is 14.1. The van der Waals surface area contributed by atoms with Crippen LogP contribution in [0.25, 0.3) is 0 Å². The van der Waals surface area contributed by atoms with Gasteiger partial charge in [0.2, 0.25) is 23.8 Å². The Morgan fingerprint density at radius 2 is 1.31 bits per heavy atom. The Morgan fingerprint density at radius 3 is 1.83 bits per heavy atom. The van der Waals surface area contributed by atoms with Crippen LogP contribution < -0.4 is 26.0 Å². The van der Waals surface area contributed by atoms with E-state index in [-0.39, 0.29) is 41.7 Å². The standard InChI is InChI=1S/C25H23F2N7O2/c1-2-36-17-13-11-16(12-14-17)29-22(35)15-28-23-32-24(30-20-9-5-3-7-18(20)26)34-25(33-23)31-21-10-6-4-8-19(21)27/h3-14H,2,15H2,1H3,(H,29,35)(H3,28,30,31,32,33,34). The normalized spacial score (nSPS) is 10.4. The van der Waals surface area contributed by atoms with Crippen molar-refractivity contribution in [2.75, 3.05) is 34.4 Å². The molecule has 0 saturated heterocycles. The van der Waals surface area contributed by atoms with Crippen LogP contribution >= 0.6 is 0 Å². The second-order valence-corrected chi connectivity index (χ2v) is 7.38. The highest BCUT2D eigenvalue weighted by molar-refractivity contribution is 5.93. The summed E-state index contributed by atoms with van der Waals surface area (Å²) in [4.78, 5) is 25.0. The van der Waals surface area contributed by atoms with Crippen LogP contribution in [0.15, 0.2) is 72.8 Å². The molecule has 0 saturated carbocycles. The lowest BCUT2D eigenvalue weighted by Gasteiger charge is -2.12. The van der Waals surface area contributed by atoms with Gasteiger partial charge >= 0.3 is 0 Å². The van der Waals surface area contributed by atoms with Gasteiger partial charge in [0.15, 0.2) is 0 Å². The smallest absolute Gasteiger partial charge is 0.243 e. The van der Waals surface area contributed by atoms with E-state index in [1.54, 1.807) is 48.5 Å². The van der Waals surface area contributed by atoms with Gasteiger partial charge in [-0.25, -0.2) is 8.78 Å². The summed E-state index contributed by atoms with van der Waals surface area (Å²) in [5.41, 5.74) is 0.865. The van der Waals surface area contributed by atoms with E-state index in [0.29, 0.717) is 18.0 Å². The first-order valence-corrected chi connectivity index (χ1v) is 11.1. The van der Waals surface area contributed by atoms with Crippen LogP contribution in [0.1, 0.15) is 6.92 Å². The lowest BCUT2D eigenvalue weighted by Crippen LogP contribution is -2.23. The molecule has 1 heterocycles. The number of para-hydroxylation sites is 2. The Morgan fingerprint density at radius 1 is 0.778 bits per heavy atom. The average molecular weight is 492 g/mol. The molecule has 3 aromatic carbocycles. The number of carbonyl (C=O) groups is 1. The van der Waals surface area contributed by atoms with Crippen molar-refractivity contribution in [1.29, 1.82) is 0 Å². The van der Waals surface area contributed by atoms with Crippen LogP contribution in [0.5, 0.6) is 5.75 Å². The maximum Gasteiger partial charge on any atom is 0.243 e. The molecule has 0 unspecified atom stereocenters. The molecule has 11 heteroatoms. The van der Waals surface area contributed by atoms with Gasteiger partial charge in [-0.1, -0.05) is 24.3 Å². The summed E-state index contributed by atoms with van der Waals surface area (Å²) in [5, 5.41) is 11.1. The summed E-state index contributed by atoms with van der Waals surface area (Å²) < 4.78 is 33.6. The number of rotatable bonds is 10. The Bertz CT molecular complexity index is 1270. The zero-order valence-electron chi connectivity index (χ0n) is 19.3. The third kappa shape index (κ3) is 6.63. The third-order valence-corrected chi connectivity index (χ3v) is 4.73. The minimum Gasteiger partial charge on any atom is -0.494 e. The lowest BCUT2D eigenvalue weighted by atomic mass is 10.3. The molecule has 0 aliphatic carbocycles. The number of carbonyl (C=O) groups excluding carboxylic acids is 1. The quantitative estimate of drug-likeness (QED) is 0.243. The third-order valence-electron chi connectivity index (χ3n) is 4.73. The van der Waals surface area contributed by atoms with Crippen molar-refractivity contribution >= 4 is 40.8 Å². The van der Waals surface area contributed by atoms with E-state index in [9.17, 15) is 13.6 Å². The van der Waals surface area contributed by atoms with Crippen molar-refractivity contribution in [3.05, 3.63) is 84.4 Å². The zero-order chi connectivity index (χ0) is 25.3. The van der Waals surface area contributed by atoms with Gasteiger partial charge in [-0.3, -0.25) is 4.79 Å². The van der Waals surface area contributed by atoms with Crippen molar-refractivity contribution in [3.8, 4) is 5.75 Å². The number of benzene rings is 3. The summed E-state index contributed by atoms with van der Waals surface area (Å²) in [6, 6.07) is 18.9. The van der Waals surface area contributed by atoms with Gasteiger partial charge < -0.3 is 26.0 Å². The molecule has 0 atom stereocenters. The van der Waals surface area contributed by atoms with Crippen molar-refractivity contribution in [2.24, 2.45) is 0 Å². The van der Waals surface area contributed by atoms with E-state index in [0.717, 1.165) is 0 Å². The Hall–Kier alpha value is -4.80. The number of halogens is 2. The fraction of sp³-hybridized carbons (Fsp3) is 0.120. The predicted octanol–water partition coefficient (Wildman–Crippen LogP) is 5.09. The fourth-order valence-corrected chi connectivity index (χ4v) is 3.10. The molecule has 4 aromatic rings. The van der Waals surface area contributed by atoms with Gasteiger partial charge in [0.05, 0.1) is 24.5 Å². The number of amides is 1. The Labute approximate surface area is 206 Å². The number of hydrogen-bond acceptors (Lipinski definition) is 8. The largest absolute Gasteiger partial charge is 0.494 e. The van der Waals surface area contributed by atoms with Gasteiger partial charge in [-0.05, 0) is 55.5 Å². The molecule has 184 valence electrons. The van der Waals surface area contributed by atoms with E-state index in [2.05, 4.69) is 36.2 Å². The predicted molar refractivity (Wildman–Crippen MR) is 134 cm³/mol. The Kier molecular flexibility index (Phi) is 7.81. The molecule has 1 amide bonds. The Balaban J connectivity index is 1.49. The molecule has 0 aliphatic heterocycles. The van der Waals surface area contributed by atoms with Gasteiger partial charge in [0, 0.05) is 5.69 Å². The second kappa shape index (κ2) is 11.6. The van der Waals surface area contributed by atoms with E-state index in [1.165, 1.54) is 24.3 Å². The van der Waals surface area contributed by atoms with Gasteiger partial charge in [0.1, 0.15) is 17.4 Å². The molecular weight excluding hydrogens is 468 g/mol. The van der Waals surface area contributed by atoms with Crippen LogP contribution in [-0.2, 0) is 4.79 Å². The topological polar surface area (TPSA) is 113 Å². The van der Waals surface area contributed by atoms with Gasteiger partial charge in [0.25, 0.3) is 0 Å². The number of nitrogens with zero attached hydrogens (tertiary/aromatic N) is 3. The molecule has 0 radical (unpaired) electrons. The highest BCUT2D eigenvalue weighted by Gasteiger charge is 2.12. The summed E-state index contributed by atoms with van der Waals surface area (Å²) in [5.74, 6) is -0.678. The number of nitrogens with one attached hydrogen (secondary N) is 4. The minimum absolute atomic E-state index is 0.0108. The number of anilines is 6. The summed E-state index contributed by atoms with van der Waals surface area (Å²) in [6.07, 6.45) is 0. The van der Waals surface area contributed by atoms with Crippen LogP contribution in [-0.4, -0.2) is 34.0 Å². The molecule has 0 fully saturated rings. The molecule has 4 rings (SSSR count). The van der Waals surface area contributed by atoms with Crippen molar-refractivity contribution in [3.63, 3.8) is 0 Å². The van der Waals surface area contributed by atoms with Gasteiger partial charge in [-0.2, -0.15) is 15.0 Å².